The number of piperidine rings is 1. The van der Waals surface area contributed by atoms with Crippen molar-refractivity contribution in [2.24, 2.45) is 5.92 Å². The summed E-state index contributed by atoms with van der Waals surface area (Å²) < 4.78 is 1.09. The SMILES string of the molecule is C[C@@H]1CNc2c(sc3ccc4nc(-c5cccc(N6CCC(CO)CC6)c5)ccc4c23)C(=O)N1. The molecule has 6 rings (SSSR count). The van der Waals surface area contributed by atoms with Crippen molar-refractivity contribution in [2.45, 2.75) is 25.8 Å². The van der Waals surface area contributed by atoms with Crippen LogP contribution in [0, 0.1) is 5.92 Å². The molecule has 2 aliphatic rings. The summed E-state index contributed by atoms with van der Waals surface area (Å²) in [6.45, 7) is 4.95. The van der Waals surface area contributed by atoms with Crippen LogP contribution in [-0.4, -0.2) is 48.3 Å². The van der Waals surface area contributed by atoms with E-state index >= 15 is 0 Å². The normalized spacial score (nSPS) is 19.1. The Morgan fingerprint density at radius 1 is 1.15 bits per heavy atom. The fourth-order valence-electron chi connectivity index (χ4n) is 5.12. The van der Waals surface area contributed by atoms with Gasteiger partial charge in [0.2, 0.25) is 0 Å². The third kappa shape index (κ3) is 3.69. The molecule has 7 heteroatoms. The first-order chi connectivity index (χ1) is 16.6. The van der Waals surface area contributed by atoms with Crippen LogP contribution in [0.3, 0.4) is 0 Å². The van der Waals surface area contributed by atoms with Gasteiger partial charge >= 0.3 is 0 Å². The molecule has 3 N–H and O–H groups in total. The molecule has 4 aromatic rings. The van der Waals surface area contributed by atoms with E-state index in [4.69, 9.17) is 4.98 Å². The van der Waals surface area contributed by atoms with Crippen molar-refractivity contribution < 1.29 is 9.90 Å². The Morgan fingerprint density at radius 2 is 2.00 bits per heavy atom. The zero-order chi connectivity index (χ0) is 23.2. The van der Waals surface area contributed by atoms with Crippen LogP contribution in [0.1, 0.15) is 29.4 Å². The van der Waals surface area contributed by atoms with Crippen LogP contribution in [0.25, 0.3) is 32.2 Å². The lowest BCUT2D eigenvalue weighted by Gasteiger charge is -2.33. The zero-order valence-electron chi connectivity index (χ0n) is 19.2. The lowest BCUT2D eigenvalue weighted by Crippen LogP contribution is -2.34. The van der Waals surface area contributed by atoms with Crippen molar-refractivity contribution in [1.29, 1.82) is 0 Å². The molecule has 1 saturated heterocycles. The van der Waals surface area contributed by atoms with Crippen LogP contribution in [0.4, 0.5) is 11.4 Å². The average molecular weight is 473 g/mol. The molecule has 34 heavy (non-hydrogen) atoms. The molecule has 0 bridgehead atoms. The van der Waals surface area contributed by atoms with E-state index < -0.39 is 0 Å². The third-order valence-corrected chi connectivity index (χ3v) is 8.22. The molecule has 2 aromatic carbocycles. The smallest absolute Gasteiger partial charge is 0.263 e. The van der Waals surface area contributed by atoms with Crippen LogP contribution < -0.4 is 15.5 Å². The highest BCUT2D eigenvalue weighted by molar-refractivity contribution is 7.21. The number of nitrogens with zero attached hydrogens (tertiary/aromatic N) is 2. The first kappa shape index (κ1) is 21.4. The van der Waals surface area contributed by atoms with Gasteiger partial charge in [0.25, 0.3) is 5.91 Å². The number of aliphatic hydroxyl groups excluding tert-OH is 1. The summed E-state index contributed by atoms with van der Waals surface area (Å²) in [6.07, 6.45) is 2.06. The summed E-state index contributed by atoms with van der Waals surface area (Å²) in [7, 11) is 0. The van der Waals surface area contributed by atoms with Crippen molar-refractivity contribution in [2.75, 3.05) is 36.5 Å². The number of carbonyl (C=O) groups excluding carboxylic acids is 1. The molecular formula is C27H28N4O2S. The number of fused-ring (bicyclic) bond motifs is 5. The van der Waals surface area contributed by atoms with Gasteiger partial charge in [-0.3, -0.25) is 4.79 Å². The number of nitrogens with one attached hydrogen (secondary N) is 2. The largest absolute Gasteiger partial charge is 0.396 e. The molecule has 0 aliphatic carbocycles. The van der Waals surface area contributed by atoms with Gasteiger partial charge in [0.05, 0.1) is 16.9 Å². The van der Waals surface area contributed by atoms with Crippen LogP contribution in [0.15, 0.2) is 48.5 Å². The maximum absolute atomic E-state index is 12.7. The summed E-state index contributed by atoms with van der Waals surface area (Å²) in [4.78, 5) is 20.8. The maximum atomic E-state index is 12.7. The van der Waals surface area contributed by atoms with Gasteiger partial charge in [-0.25, -0.2) is 4.98 Å². The van der Waals surface area contributed by atoms with Crippen LogP contribution >= 0.6 is 11.3 Å². The molecule has 2 aliphatic heterocycles. The summed E-state index contributed by atoms with van der Waals surface area (Å²) in [6, 6.07) is 17.0. The number of hydrogen-bond donors (Lipinski definition) is 3. The van der Waals surface area contributed by atoms with E-state index in [1.54, 1.807) is 0 Å². The molecule has 1 fully saturated rings. The predicted octanol–water partition coefficient (Wildman–Crippen LogP) is 4.87. The third-order valence-electron chi connectivity index (χ3n) is 7.07. The van der Waals surface area contributed by atoms with E-state index in [1.807, 2.05) is 6.92 Å². The number of carbonyl (C=O) groups is 1. The van der Waals surface area contributed by atoms with Gasteiger partial charge < -0.3 is 20.6 Å². The van der Waals surface area contributed by atoms with Crippen molar-refractivity contribution in [3.63, 3.8) is 0 Å². The summed E-state index contributed by atoms with van der Waals surface area (Å²) in [5.41, 5.74) is 5.10. The second-order valence-electron chi connectivity index (χ2n) is 9.43. The minimum absolute atomic E-state index is 0.00809. The van der Waals surface area contributed by atoms with Gasteiger partial charge in [-0.05, 0) is 62.1 Å². The van der Waals surface area contributed by atoms with E-state index in [0.717, 1.165) is 68.7 Å². The van der Waals surface area contributed by atoms with Gasteiger partial charge in [-0.1, -0.05) is 12.1 Å². The number of anilines is 2. The number of aromatic nitrogens is 1. The fourth-order valence-corrected chi connectivity index (χ4v) is 6.22. The van der Waals surface area contributed by atoms with Gasteiger partial charge in [0.1, 0.15) is 4.88 Å². The van der Waals surface area contributed by atoms with E-state index in [9.17, 15) is 9.90 Å². The van der Waals surface area contributed by atoms with E-state index in [0.29, 0.717) is 12.5 Å². The molecular weight excluding hydrogens is 444 g/mol. The highest BCUT2D eigenvalue weighted by Gasteiger charge is 2.25. The summed E-state index contributed by atoms with van der Waals surface area (Å²) in [5.74, 6) is 0.417. The van der Waals surface area contributed by atoms with Crippen molar-refractivity contribution in [1.82, 2.24) is 10.3 Å². The van der Waals surface area contributed by atoms with E-state index in [2.05, 4.69) is 64.1 Å². The Hall–Kier alpha value is -3.16. The highest BCUT2D eigenvalue weighted by atomic mass is 32.1. The lowest BCUT2D eigenvalue weighted by molar-refractivity contribution is 0.0949. The first-order valence-corrected chi connectivity index (χ1v) is 12.8. The zero-order valence-corrected chi connectivity index (χ0v) is 20.0. The average Bonchev–Trinajstić information content (AvgIpc) is 3.20. The number of thiophene rings is 1. The minimum Gasteiger partial charge on any atom is -0.396 e. The quantitative estimate of drug-likeness (QED) is 0.397. The van der Waals surface area contributed by atoms with E-state index in [1.165, 1.54) is 17.0 Å². The van der Waals surface area contributed by atoms with Crippen LogP contribution in [-0.2, 0) is 0 Å². The van der Waals surface area contributed by atoms with Gasteiger partial charge in [-0.2, -0.15) is 0 Å². The monoisotopic (exact) mass is 472 g/mol. The number of benzene rings is 2. The lowest BCUT2D eigenvalue weighted by atomic mass is 9.97. The number of amides is 1. The highest BCUT2D eigenvalue weighted by Crippen LogP contribution is 2.41. The molecule has 0 unspecified atom stereocenters. The Bertz CT molecular complexity index is 1390. The molecule has 4 heterocycles. The van der Waals surface area contributed by atoms with Gasteiger partial charge in [0.15, 0.2) is 0 Å². The molecule has 0 radical (unpaired) electrons. The molecule has 6 nitrogen and oxygen atoms in total. The molecule has 174 valence electrons. The van der Waals surface area contributed by atoms with Gasteiger partial charge in [-0.15, -0.1) is 11.3 Å². The van der Waals surface area contributed by atoms with E-state index in [-0.39, 0.29) is 18.6 Å². The molecule has 1 amide bonds. The summed E-state index contributed by atoms with van der Waals surface area (Å²) >= 11 is 1.53. The second kappa shape index (κ2) is 8.56. The first-order valence-electron chi connectivity index (χ1n) is 12.0. The maximum Gasteiger partial charge on any atom is 0.263 e. The topological polar surface area (TPSA) is 77.5 Å². The second-order valence-corrected chi connectivity index (χ2v) is 10.5. The molecule has 0 spiro atoms. The number of hydrogen-bond acceptors (Lipinski definition) is 6. The Labute approximate surface area is 202 Å². The predicted molar refractivity (Wildman–Crippen MR) is 140 cm³/mol. The standard InChI is InChI=1S/C27H28N4O2S/c1-16-14-28-25-24-20-5-6-21(30-22(20)7-8-23(24)34-26(25)27(33)29-16)18-3-2-4-19(13-18)31-11-9-17(15-32)10-12-31/h2-8,13,16-17,28,32H,9-12,14-15H2,1H3,(H,29,33)/t16-/m1/s1. The minimum atomic E-state index is -0.00809. The Kier molecular flexibility index (Phi) is 5.38. The Morgan fingerprint density at radius 3 is 2.82 bits per heavy atom. The number of aliphatic hydroxyl groups is 1. The van der Waals surface area contributed by atoms with Crippen molar-refractivity contribution in [3.05, 3.63) is 53.4 Å². The molecule has 2 aromatic heterocycles. The van der Waals surface area contributed by atoms with Crippen LogP contribution in [0.5, 0.6) is 0 Å². The van der Waals surface area contributed by atoms with Crippen molar-refractivity contribution in [3.8, 4) is 11.3 Å². The molecule has 0 saturated carbocycles. The van der Waals surface area contributed by atoms with Gasteiger partial charge in [0, 0.05) is 59.0 Å². The fraction of sp³-hybridized carbons (Fsp3) is 0.333. The Balaban J connectivity index is 1.37. The molecule has 1 atom stereocenters. The van der Waals surface area contributed by atoms with Crippen molar-refractivity contribution >= 4 is 49.6 Å². The number of pyridine rings is 1. The summed E-state index contributed by atoms with van der Waals surface area (Å²) in [5, 5.41) is 18.1. The number of rotatable bonds is 3. The van der Waals surface area contributed by atoms with Crippen LogP contribution in [0.2, 0.25) is 0 Å².